The SMILES string of the molecule is C[C@@H](Sc1nnc(-c2ccccc2)n1-c1ccccc1)C(=O)NC1CC1. The van der Waals surface area contributed by atoms with Crippen molar-refractivity contribution in [3.63, 3.8) is 0 Å². The zero-order chi connectivity index (χ0) is 17.9. The van der Waals surface area contributed by atoms with Crippen LogP contribution >= 0.6 is 11.8 Å². The van der Waals surface area contributed by atoms with Crippen molar-refractivity contribution in [3.05, 3.63) is 60.7 Å². The number of carbonyl (C=O) groups is 1. The van der Waals surface area contributed by atoms with Gasteiger partial charge in [0.1, 0.15) is 0 Å². The highest BCUT2D eigenvalue weighted by Crippen LogP contribution is 2.30. The molecule has 0 radical (unpaired) electrons. The van der Waals surface area contributed by atoms with E-state index in [-0.39, 0.29) is 11.2 Å². The number of benzene rings is 2. The van der Waals surface area contributed by atoms with Gasteiger partial charge in [0.25, 0.3) is 0 Å². The number of aromatic nitrogens is 3. The minimum Gasteiger partial charge on any atom is -0.352 e. The number of carbonyl (C=O) groups excluding carboxylic acids is 1. The van der Waals surface area contributed by atoms with E-state index in [2.05, 4.69) is 15.5 Å². The summed E-state index contributed by atoms with van der Waals surface area (Å²) in [5.41, 5.74) is 1.97. The van der Waals surface area contributed by atoms with Gasteiger partial charge in [-0.25, -0.2) is 0 Å². The summed E-state index contributed by atoms with van der Waals surface area (Å²) in [7, 11) is 0. The van der Waals surface area contributed by atoms with Crippen LogP contribution in [-0.4, -0.2) is 32.0 Å². The Morgan fingerprint density at radius 2 is 1.73 bits per heavy atom. The quantitative estimate of drug-likeness (QED) is 0.678. The molecule has 26 heavy (non-hydrogen) atoms. The molecule has 0 saturated heterocycles. The molecule has 0 aliphatic heterocycles. The Kier molecular flexibility index (Phi) is 4.75. The van der Waals surface area contributed by atoms with E-state index >= 15 is 0 Å². The first-order valence-electron chi connectivity index (χ1n) is 8.75. The third-order valence-electron chi connectivity index (χ3n) is 4.25. The molecule has 1 aliphatic rings. The number of nitrogens with one attached hydrogen (secondary N) is 1. The first-order chi connectivity index (χ1) is 12.7. The Balaban J connectivity index is 1.68. The summed E-state index contributed by atoms with van der Waals surface area (Å²) >= 11 is 1.44. The molecule has 1 saturated carbocycles. The molecule has 2 aromatic carbocycles. The van der Waals surface area contributed by atoms with Crippen LogP contribution in [0.2, 0.25) is 0 Å². The van der Waals surface area contributed by atoms with Crippen LogP contribution in [0.15, 0.2) is 65.8 Å². The summed E-state index contributed by atoms with van der Waals surface area (Å²) < 4.78 is 2.01. The summed E-state index contributed by atoms with van der Waals surface area (Å²) in [6.45, 7) is 1.91. The fourth-order valence-electron chi connectivity index (χ4n) is 2.69. The Labute approximate surface area is 156 Å². The van der Waals surface area contributed by atoms with Gasteiger partial charge in [0.05, 0.1) is 5.25 Å². The molecule has 0 bridgehead atoms. The van der Waals surface area contributed by atoms with Gasteiger partial charge < -0.3 is 5.32 Å². The standard InChI is InChI=1S/C20H20N4OS/c1-14(19(25)21-16-12-13-16)26-20-23-22-18(15-8-4-2-5-9-15)24(20)17-10-6-3-7-11-17/h2-11,14,16H,12-13H2,1H3,(H,21,25)/t14-/m1/s1. The first kappa shape index (κ1) is 16.8. The van der Waals surface area contributed by atoms with Gasteiger partial charge in [-0.05, 0) is 31.9 Å². The second-order valence-corrected chi connectivity index (χ2v) is 7.69. The number of nitrogens with zero attached hydrogens (tertiary/aromatic N) is 3. The number of rotatable bonds is 6. The van der Waals surface area contributed by atoms with Crippen molar-refractivity contribution in [2.75, 3.05) is 0 Å². The second kappa shape index (κ2) is 7.33. The highest BCUT2D eigenvalue weighted by molar-refractivity contribution is 8.00. The van der Waals surface area contributed by atoms with Gasteiger partial charge in [-0.2, -0.15) is 0 Å². The van der Waals surface area contributed by atoms with Crippen molar-refractivity contribution in [1.82, 2.24) is 20.1 Å². The van der Waals surface area contributed by atoms with Crippen LogP contribution in [0, 0.1) is 0 Å². The van der Waals surface area contributed by atoms with Crippen molar-refractivity contribution in [2.45, 2.75) is 36.2 Å². The summed E-state index contributed by atoms with van der Waals surface area (Å²) in [4.78, 5) is 12.3. The van der Waals surface area contributed by atoms with Crippen molar-refractivity contribution in [1.29, 1.82) is 0 Å². The average Bonchev–Trinajstić information content (AvgIpc) is 3.40. The van der Waals surface area contributed by atoms with Gasteiger partial charge in [-0.3, -0.25) is 9.36 Å². The van der Waals surface area contributed by atoms with E-state index in [0.717, 1.165) is 29.9 Å². The molecule has 1 heterocycles. The first-order valence-corrected chi connectivity index (χ1v) is 9.63. The summed E-state index contributed by atoms with van der Waals surface area (Å²) in [5.74, 6) is 0.829. The van der Waals surface area contributed by atoms with E-state index < -0.39 is 0 Å². The van der Waals surface area contributed by atoms with E-state index in [1.54, 1.807) is 0 Å². The van der Waals surface area contributed by atoms with E-state index in [9.17, 15) is 4.79 Å². The molecule has 1 N–H and O–H groups in total. The number of amides is 1. The van der Waals surface area contributed by atoms with Gasteiger partial charge in [-0.15, -0.1) is 10.2 Å². The van der Waals surface area contributed by atoms with Crippen LogP contribution in [-0.2, 0) is 4.79 Å². The summed E-state index contributed by atoms with van der Waals surface area (Å²) in [6, 6.07) is 20.3. The van der Waals surface area contributed by atoms with Gasteiger partial charge in [0.2, 0.25) is 5.91 Å². The van der Waals surface area contributed by atoms with Gasteiger partial charge in [-0.1, -0.05) is 60.3 Å². The highest BCUT2D eigenvalue weighted by atomic mass is 32.2. The smallest absolute Gasteiger partial charge is 0.233 e. The molecule has 1 fully saturated rings. The zero-order valence-electron chi connectivity index (χ0n) is 14.5. The number of hydrogen-bond acceptors (Lipinski definition) is 4. The Hall–Kier alpha value is -2.60. The lowest BCUT2D eigenvalue weighted by molar-refractivity contribution is -0.120. The molecule has 0 spiro atoms. The largest absolute Gasteiger partial charge is 0.352 e. The second-order valence-electron chi connectivity index (χ2n) is 6.39. The maximum absolute atomic E-state index is 12.3. The highest BCUT2D eigenvalue weighted by Gasteiger charge is 2.27. The van der Waals surface area contributed by atoms with Gasteiger partial charge in [0, 0.05) is 17.3 Å². The van der Waals surface area contributed by atoms with E-state index in [0.29, 0.717) is 11.2 Å². The Bertz CT molecular complexity index is 891. The van der Waals surface area contributed by atoms with Crippen LogP contribution < -0.4 is 5.32 Å². The number of para-hydroxylation sites is 1. The normalized spacial score (nSPS) is 14.8. The van der Waals surface area contributed by atoms with Crippen LogP contribution in [0.3, 0.4) is 0 Å². The molecule has 1 amide bonds. The predicted molar refractivity (Wildman–Crippen MR) is 103 cm³/mol. The van der Waals surface area contributed by atoms with Crippen molar-refractivity contribution < 1.29 is 4.79 Å². The molecule has 1 aromatic heterocycles. The van der Waals surface area contributed by atoms with E-state index in [4.69, 9.17) is 0 Å². The summed E-state index contributed by atoms with van der Waals surface area (Å²) in [6.07, 6.45) is 2.17. The van der Waals surface area contributed by atoms with Crippen molar-refractivity contribution in [2.24, 2.45) is 0 Å². The van der Waals surface area contributed by atoms with Crippen molar-refractivity contribution >= 4 is 17.7 Å². The third kappa shape index (κ3) is 3.65. The Morgan fingerprint density at radius 3 is 2.38 bits per heavy atom. The predicted octanol–water partition coefficient (Wildman–Crippen LogP) is 3.69. The lowest BCUT2D eigenvalue weighted by Crippen LogP contribution is -2.32. The molecule has 132 valence electrons. The third-order valence-corrected chi connectivity index (χ3v) is 5.30. The maximum Gasteiger partial charge on any atom is 0.233 e. The van der Waals surface area contributed by atoms with Gasteiger partial charge in [0.15, 0.2) is 11.0 Å². The van der Waals surface area contributed by atoms with Crippen LogP contribution in [0.4, 0.5) is 0 Å². The van der Waals surface area contributed by atoms with Crippen molar-refractivity contribution in [3.8, 4) is 17.1 Å². The number of hydrogen-bond donors (Lipinski definition) is 1. The minimum atomic E-state index is -0.231. The molecular formula is C20H20N4OS. The number of thioether (sulfide) groups is 1. The molecule has 5 nitrogen and oxygen atoms in total. The molecule has 1 atom stereocenters. The fraction of sp³-hybridized carbons (Fsp3) is 0.250. The lowest BCUT2D eigenvalue weighted by atomic mass is 10.2. The molecule has 1 aliphatic carbocycles. The topological polar surface area (TPSA) is 59.8 Å². The Morgan fingerprint density at radius 1 is 1.08 bits per heavy atom. The van der Waals surface area contributed by atoms with Crippen LogP contribution in [0.25, 0.3) is 17.1 Å². The molecule has 0 unspecified atom stereocenters. The summed E-state index contributed by atoms with van der Waals surface area (Å²) in [5, 5.41) is 12.3. The van der Waals surface area contributed by atoms with Gasteiger partial charge >= 0.3 is 0 Å². The average molecular weight is 364 g/mol. The molecular weight excluding hydrogens is 344 g/mol. The minimum absolute atomic E-state index is 0.0568. The van der Waals surface area contributed by atoms with E-state index in [1.807, 2.05) is 72.2 Å². The molecule has 4 rings (SSSR count). The zero-order valence-corrected chi connectivity index (χ0v) is 15.3. The fourth-order valence-corrected chi connectivity index (χ4v) is 3.56. The van der Waals surface area contributed by atoms with E-state index in [1.165, 1.54) is 11.8 Å². The molecule has 3 aromatic rings. The lowest BCUT2D eigenvalue weighted by Gasteiger charge is -2.13. The molecule has 6 heteroatoms. The van der Waals surface area contributed by atoms with Crippen LogP contribution in [0.5, 0.6) is 0 Å². The van der Waals surface area contributed by atoms with Crippen LogP contribution in [0.1, 0.15) is 19.8 Å². The maximum atomic E-state index is 12.3. The monoisotopic (exact) mass is 364 g/mol.